The van der Waals surface area contributed by atoms with Crippen molar-refractivity contribution in [2.24, 2.45) is 5.41 Å². The van der Waals surface area contributed by atoms with E-state index in [9.17, 15) is 0 Å². The summed E-state index contributed by atoms with van der Waals surface area (Å²) in [6.45, 7) is 10.3. The molecule has 0 saturated carbocycles. The van der Waals surface area contributed by atoms with Crippen LogP contribution in [-0.4, -0.2) is 23.0 Å². The predicted octanol–water partition coefficient (Wildman–Crippen LogP) is 8.83. The van der Waals surface area contributed by atoms with Gasteiger partial charge < -0.3 is 14.4 Å². The van der Waals surface area contributed by atoms with E-state index in [1.807, 2.05) is 81.6 Å². The third-order valence-corrected chi connectivity index (χ3v) is 8.44. The summed E-state index contributed by atoms with van der Waals surface area (Å²) in [4.78, 5) is 13.1. The second-order valence-corrected chi connectivity index (χ2v) is 17.0. The normalized spacial score (nSPS) is 14.0. The Hall–Kier alpha value is -3.44. The molecule has 0 saturated heterocycles. The SMILES string of the molecule is [2H]C([2H])([2H])c1ccc2c(n1)oc1c(-c3ccccn3)[c-]ccc12.[2H]C([2H])(c1cc(-c2[c-]cccc2)ncc1[Si](C)(C)C)C(C)(C)C.[Ir]. The number of rotatable bonds is 4. The first kappa shape index (κ1) is 25.1. The number of aromatic nitrogens is 3. The van der Waals surface area contributed by atoms with Crippen LogP contribution in [0.25, 0.3) is 44.6 Å². The van der Waals surface area contributed by atoms with Crippen molar-refractivity contribution in [2.45, 2.75) is 53.6 Å². The number of benzene rings is 2. The van der Waals surface area contributed by atoms with Crippen molar-refractivity contribution in [2.75, 3.05) is 0 Å². The van der Waals surface area contributed by atoms with Crippen molar-refractivity contribution in [1.82, 2.24) is 15.0 Å². The van der Waals surface area contributed by atoms with Gasteiger partial charge in [0.1, 0.15) is 0 Å². The van der Waals surface area contributed by atoms with E-state index in [2.05, 4.69) is 46.7 Å². The topological polar surface area (TPSA) is 51.8 Å². The van der Waals surface area contributed by atoms with Gasteiger partial charge >= 0.3 is 0 Å². The van der Waals surface area contributed by atoms with E-state index in [1.165, 1.54) is 6.07 Å². The minimum Gasteiger partial charge on any atom is -0.486 e. The molecule has 4 aromatic heterocycles. The maximum absolute atomic E-state index is 8.75. The Bertz CT molecular complexity index is 1980. The molecule has 0 N–H and O–H groups in total. The van der Waals surface area contributed by atoms with E-state index in [4.69, 9.17) is 11.3 Å². The molecule has 217 valence electrons. The molecule has 4 nitrogen and oxygen atoms in total. The first-order valence-electron chi connectivity index (χ1n) is 16.1. The Morgan fingerprint density at radius 2 is 1.71 bits per heavy atom. The number of hydrogen-bond acceptors (Lipinski definition) is 4. The van der Waals surface area contributed by atoms with Crippen LogP contribution in [0.3, 0.4) is 0 Å². The van der Waals surface area contributed by atoms with Crippen LogP contribution in [0.1, 0.15) is 38.9 Å². The Balaban J connectivity index is 0.000000208. The van der Waals surface area contributed by atoms with Crippen LogP contribution in [0.5, 0.6) is 0 Å². The Morgan fingerprint density at radius 3 is 2.38 bits per heavy atom. The summed E-state index contributed by atoms with van der Waals surface area (Å²) < 4.78 is 45.8. The van der Waals surface area contributed by atoms with E-state index < -0.39 is 26.7 Å². The quantitative estimate of drug-likeness (QED) is 0.134. The molecule has 0 aliphatic rings. The monoisotopic (exact) mass is 753 g/mol. The van der Waals surface area contributed by atoms with E-state index in [0.29, 0.717) is 11.3 Å². The molecule has 6 aromatic rings. The minimum absolute atomic E-state index is 0. The molecule has 0 bridgehead atoms. The maximum atomic E-state index is 8.75. The van der Waals surface area contributed by atoms with Gasteiger partial charge in [0.15, 0.2) is 0 Å². The molecule has 2 aromatic carbocycles. The smallest absolute Gasteiger partial charge is 0.216 e. The number of furan rings is 1. The van der Waals surface area contributed by atoms with E-state index >= 15 is 0 Å². The average molecular weight is 753 g/mol. The summed E-state index contributed by atoms with van der Waals surface area (Å²) in [5, 5.41) is 2.74. The van der Waals surface area contributed by atoms with Gasteiger partial charge in [0.25, 0.3) is 0 Å². The third kappa shape index (κ3) is 7.30. The van der Waals surface area contributed by atoms with Gasteiger partial charge in [-0.25, -0.2) is 4.98 Å². The van der Waals surface area contributed by atoms with Crippen LogP contribution in [0.2, 0.25) is 19.6 Å². The molecule has 0 amide bonds. The van der Waals surface area contributed by atoms with Crippen molar-refractivity contribution in [3.63, 3.8) is 0 Å². The van der Waals surface area contributed by atoms with Gasteiger partial charge in [0.2, 0.25) is 5.71 Å². The second kappa shape index (κ2) is 12.8. The average Bonchev–Trinajstić information content (AvgIpc) is 3.39. The van der Waals surface area contributed by atoms with Crippen LogP contribution in [-0.2, 0) is 26.5 Å². The second-order valence-electron chi connectivity index (χ2n) is 12.0. The summed E-state index contributed by atoms with van der Waals surface area (Å²) in [5.41, 5.74) is 4.40. The summed E-state index contributed by atoms with van der Waals surface area (Å²) in [7, 11) is -1.70. The van der Waals surface area contributed by atoms with Crippen molar-refractivity contribution in [1.29, 1.82) is 0 Å². The molecule has 0 atom stereocenters. The maximum Gasteiger partial charge on any atom is 0.216 e. The zero-order valence-electron chi connectivity index (χ0n) is 29.7. The zero-order valence-corrected chi connectivity index (χ0v) is 28.1. The molecule has 0 aliphatic heterocycles. The van der Waals surface area contributed by atoms with Gasteiger partial charge in [-0.3, -0.25) is 0 Å². The minimum atomic E-state index is -2.26. The molecule has 0 spiro atoms. The first-order chi connectivity index (χ1) is 21.5. The Labute approximate surface area is 271 Å². The fourth-order valence-electron chi connectivity index (χ4n) is 4.58. The Kier molecular flexibility index (Phi) is 7.66. The summed E-state index contributed by atoms with van der Waals surface area (Å²) in [6.07, 6.45) is 2.17. The van der Waals surface area contributed by atoms with Crippen LogP contribution < -0.4 is 5.19 Å². The molecule has 4 heterocycles. The molecular formula is C36H37IrN3OSi-2. The molecule has 0 unspecified atom stereocenters. The van der Waals surface area contributed by atoms with E-state index in [1.54, 1.807) is 18.3 Å². The number of nitrogens with zero attached hydrogens (tertiary/aromatic N) is 3. The third-order valence-electron chi connectivity index (χ3n) is 6.43. The zero-order chi connectivity index (χ0) is 33.5. The van der Waals surface area contributed by atoms with Crippen molar-refractivity contribution in [3.05, 3.63) is 109 Å². The largest absolute Gasteiger partial charge is 0.486 e. The summed E-state index contributed by atoms with van der Waals surface area (Å²) >= 11 is 0. The van der Waals surface area contributed by atoms with Crippen LogP contribution in [0, 0.1) is 24.4 Å². The number of aryl methyl sites for hydroxylation is 1. The molecular weight excluding hydrogens is 711 g/mol. The molecule has 1 radical (unpaired) electrons. The fourth-order valence-corrected chi connectivity index (χ4v) is 5.98. The van der Waals surface area contributed by atoms with Gasteiger partial charge in [0.05, 0.1) is 13.7 Å². The van der Waals surface area contributed by atoms with E-state index in [-0.39, 0.29) is 25.8 Å². The molecule has 0 fully saturated rings. The molecule has 6 rings (SSSR count). The van der Waals surface area contributed by atoms with Gasteiger partial charge in [0, 0.05) is 50.4 Å². The number of hydrogen-bond donors (Lipinski definition) is 0. The number of pyridine rings is 3. The standard InChI is InChI=1S/C19H26NSi.C17H11N2O.Ir/c1-19(2,3)13-16-12-17(15-10-8-7-9-11-15)20-14-18(16)21(4,5)6;1-11-8-9-13-12-5-4-6-14(15-7-2-3-10-18-15)16(12)20-17(13)19-11;/h7-10,12,14H,13H2,1-6H3;2-5,7-10H,1H3;/q2*-1;/i13D2;1D3;. The van der Waals surface area contributed by atoms with E-state index in [0.717, 1.165) is 44.0 Å². The predicted molar refractivity (Wildman–Crippen MR) is 173 cm³/mol. The van der Waals surface area contributed by atoms with Gasteiger partial charge in [-0.15, -0.1) is 54.1 Å². The summed E-state index contributed by atoms with van der Waals surface area (Å²) in [6, 6.07) is 28.5. The van der Waals surface area contributed by atoms with Crippen LogP contribution in [0.4, 0.5) is 0 Å². The van der Waals surface area contributed by atoms with Gasteiger partial charge in [-0.1, -0.05) is 75.1 Å². The first-order valence-corrected chi connectivity index (χ1v) is 17.1. The van der Waals surface area contributed by atoms with Crippen LogP contribution >= 0.6 is 0 Å². The van der Waals surface area contributed by atoms with Crippen molar-refractivity contribution in [3.8, 4) is 22.5 Å². The van der Waals surface area contributed by atoms with Gasteiger partial charge in [-0.2, -0.15) is 0 Å². The van der Waals surface area contributed by atoms with Crippen molar-refractivity contribution >= 4 is 35.3 Å². The molecule has 6 heteroatoms. The Morgan fingerprint density at radius 1 is 0.905 bits per heavy atom. The van der Waals surface area contributed by atoms with Crippen molar-refractivity contribution < 1.29 is 31.4 Å². The molecule has 42 heavy (non-hydrogen) atoms. The van der Waals surface area contributed by atoms with Crippen LogP contribution in [0.15, 0.2) is 89.6 Å². The van der Waals surface area contributed by atoms with Gasteiger partial charge in [-0.05, 0) is 53.4 Å². The molecule has 0 aliphatic carbocycles. The summed E-state index contributed by atoms with van der Waals surface area (Å²) in [5.74, 6) is 0. The fraction of sp³-hybridized carbons (Fsp3) is 0.250. The number of fused-ring (bicyclic) bond motifs is 3.